The number of hydrogen-bond donors (Lipinski definition) is 3. The van der Waals surface area contributed by atoms with Gasteiger partial charge in [-0.15, -0.1) is 0 Å². The Morgan fingerprint density at radius 1 is 0.828 bits per heavy atom. The van der Waals surface area contributed by atoms with Gasteiger partial charge in [-0.05, 0) is 17.0 Å². The minimum atomic E-state index is -1.06. The van der Waals surface area contributed by atoms with Crippen molar-refractivity contribution in [3.05, 3.63) is 78.4 Å². The molecule has 0 aliphatic carbocycles. The Kier molecular flexibility index (Phi) is 6.58. The molecule has 3 rings (SSSR count). The van der Waals surface area contributed by atoms with Crippen LogP contribution in [0, 0.1) is 0 Å². The van der Waals surface area contributed by atoms with Crippen LogP contribution < -0.4 is 10.6 Å². The standard InChI is InChI=1S/C23H22N2O4/c26-21(13-14-22(27)28)24-20(15-16-7-2-1-3-8-16)23(29)25-19-12-6-10-17-9-4-5-11-18(17)19/h1-12,20H,13-15H2,(H,24,26)(H,25,29)(H,27,28)/t20-/m0/s1. The number of nitrogens with one attached hydrogen (secondary N) is 2. The molecule has 0 aromatic heterocycles. The average molecular weight is 390 g/mol. The quantitative estimate of drug-likeness (QED) is 0.549. The molecule has 0 aliphatic rings. The van der Waals surface area contributed by atoms with Crippen LogP contribution in [0.2, 0.25) is 0 Å². The van der Waals surface area contributed by atoms with Gasteiger partial charge in [-0.25, -0.2) is 0 Å². The van der Waals surface area contributed by atoms with Crippen LogP contribution in [-0.4, -0.2) is 28.9 Å². The van der Waals surface area contributed by atoms with Crippen LogP contribution in [0.1, 0.15) is 18.4 Å². The van der Waals surface area contributed by atoms with Crippen molar-refractivity contribution in [3.8, 4) is 0 Å². The fourth-order valence-electron chi connectivity index (χ4n) is 3.10. The molecule has 0 fully saturated rings. The summed E-state index contributed by atoms with van der Waals surface area (Å²) in [5, 5.41) is 16.3. The Hall–Kier alpha value is -3.67. The Bertz CT molecular complexity index is 1010. The van der Waals surface area contributed by atoms with Gasteiger partial charge in [0.25, 0.3) is 0 Å². The maximum atomic E-state index is 13.0. The van der Waals surface area contributed by atoms with Crippen molar-refractivity contribution in [1.82, 2.24) is 5.32 Å². The zero-order valence-electron chi connectivity index (χ0n) is 15.8. The van der Waals surface area contributed by atoms with Crippen molar-refractivity contribution in [2.75, 3.05) is 5.32 Å². The summed E-state index contributed by atoms with van der Waals surface area (Å²) in [6.07, 6.45) is -0.159. The highest BCUT2D eigenvalue weighted by Gasteiger charge is 2.22. The lowest BCUT2D eigenvalue weighted by Crippen LogP contribution is -2.45. The van der Waals surface area contributed by atoms with Gasteiger partial charge >= 0.3 is 5.97 Å². The molecule has 0 aliphatic heterocycles. The van der Waals surface area contributed by atoms with Crippen LogP contribution in [-0.2, 0) is 20.8 Å². The average Bonchev–Trinajstić information content (AvgIpc) is 2.73. The molecule has 3 aromatic carbocycles. The van der Waals surface area contributed by atoms with E-state index in [0.717, 1.165) is 16.3 Å². The Labute approximate surface area is 168 Å². The normalized spacial score (nSPS) is 11.6. The van der Waals surface area contributed by atoms with Crippen LogP contribution in [0.25, 0.3) is 10.8 Å². The maximum Gasteiger partial charge on any atom is 0.303 e. The predicted octanol–water partition coefficient (Wildman–Crippen LogP) is 3.37. The number of amides is 2. The summed E-state index contributed by atoms with van der Waals surface area (Å²) in [4.78, 5) is 35.9. The first-order chi connectivity index (χ1) is 14.0. The lowest BCUT2D eigenvalue weighted by Gasteiger charge is -2.19. The van der Waals surface area contributed by atoms with Crippen molar-refractivity contribution >= 4 is 34.2 Å². The van der Waals surface area contributed by atoms with E-state index in [4.69, 9.17) is 5.11 Å². The van der Waals surface area contributed by atoms with Gasteiger partial charge in [0.1, 0.15) is 6.04 Å². The number of fused-ring (bicyclic) bond motifs is 1. The molecule has 1 atom stereocenters. The van der Waals surface area contributed by atoms with Gasteiger partial charge in [0.2, 0.25) is 11.8 Å². The topological polar surface area (TPSA) is 95.5 Å². The summed E-state index contributed by atoms with van der Waals surface area (Å²) in [5.41, 5.74) is 1.55. The molecule has 0 spiro atoms. The summed E-state index contributed by atoms with van der Waals surface area (Å²) in [6.45, 7) is 0. The Morgan fingerprint density at radius 3 is 2.28 bits per heavy atom. The molecule has 148 valence electrons. The number of rotatable bonds is 8. The van der Waals surface area contributed by atoms with Crippen molar-refractivity contribution in [1.29, 1.82) is 0 Å². The van der Waals surface area contributed by atoms with Gasteiger partial charge < -0.3 is 15.7 Å². The summed E-state index contributed by atoms with van der Waals surface area (Å²) >= 11 is 0. The second kappa shape index (κ2) is 9.50. The van der Waals surface area contributed by atoms with E-state index in [1.54, 1.807) is 0 Å². The highest BCUT2D eigenvalue weighted by Crippen LogP contribution is 2.23. The fraction of sp³-hybridized carbons (Fsp3) is 0.174. The van der Waals surface area contributed by atoms with Crippen LogP contribution >= 0.6 is 0 Å². The molecule has 0 saturated heterocycles. The van der Waals surface area contributed by atoms with E-state index in [0.29, 0.717) is 12.1 Å². The van der Waals surface area contributed by atoms with Gasteiger partial charge in [0, 0.05) is 23.9 Å². The number of carbonyl (C=O) groups is 3. The lowest BCUT2D eigenvalue weighted by molar-refractivity contribution is -0.139. The molecular formula is C23H22N2O4. The van der Waals surface area contributed by atoms with E-state index in [1.807, 2.05) is 72.8 Å². The molecular weight excluding hydrogens is 368 g/mol. The smallest absolute Gasteiger partial charge is 0.303 e. The van der Waals surface area contributed by atoms with Crippen molar-refractivity contribution in [2.45, 2.75) is 25.3 Å². The van der Waals surface area contributed by atoms with Crippen LogP contribution in [0.15, 0.2) is 72.8 Å². The second-order valence-electron chi connectivity index (χ2n) is 6.72. The Morgan fingerprint density at radius 2 is 1.52 bits per heavy atom. The second-order valence-corrected chi connectivity index (χ2v) is 6.72. The first-order valence-corrected chi connectivity index (χ1v) is 9.36. The number of aliphatic carboxylic acids is 1. The van der Waals surface area contributed by atoms with Gasteiger partial charge in [0.05, 0.1) is 6.42 Å². The minimum Gasteiger partial charge on any atom is -0.481 e. The summed E-state index contributed by atoms with van der Waals surface area (Å²) < 4.78 is 0. The third kappa shape index (κ3) is 5.65. The molecule has 3 N–H and O–H groups in total. The number of carboxylic acid groups (broad SMARTS) is 1. The largest absolute Gasteiger partial charge is 0.481 e. The van der Waals surface area contributed by atoms with Gasteiger partial charge in [0.15, 0.2) is 0 Å². The maximum absolute atomic E-state index is 13.0. The van der Waals surface area contributed by atoms with Crippen LogP contribution in [0.3, 0.4) is 0 Å². The monoisotopic (exact) mass is 390 g/mol. The van der Waals surface area contributed by atoms with E-state index in [2.05, 4.69) is 10.6 Å². The van der Waals surface area contributed by atoms with Crippen molar-refractivity contribution < 1.29 is 19.5 Å². The number of carbonyl (C=O) groups excluding carboxylic acids is 2. The highest BCUT2D eigenvalue weighted by atomic mass is 16.4. The van der Waals surface area contributed by atoms with Gasteiger partial charge in [-0.3, -0.25) is 14.4 Å². The van der Waals surface area contributed by atoms with Gasteiger partial charge in [-0.2, -0.15) is 0 Å². The summed E-state index contributed by atoms with van der Waals surface area (Å²) in [6, 6.07) is 21.9. The number of hydrogen-bond acceptors (Lipinski definition) is 3. The first-order valence-electron chi connectivity index (χ1n) is 9.36. The summed E-state index contributed by atoms with van der Waals surface area (Å²) in [7, 11) is 0. The van der Waals surface area contributed by atoms with Crippen molar-refractivity contribution in [3.63, 3.8) is 0 Å². The lowest BCUT2D eigenvalue weighted by atomic mass is 10.0. The first kappa shape index (κ1) is 20.1. The molecule has 2 amide bonds. The van der Waals surface area contributed by atoms with E-state index < -0.39 is 17.9 Å². The zero-order valence-corrected chi connectivity index (χ0v) is 15.8. The van der Waals surface area contributed by atoms with E-state index in [-0.39, 0.29) is 18.7 Å². The van der Waals surface area contributed by atoms with Crippen LogP contribution in [0.5, 0.6) is 0 Å². The molecule has 0 bridgehead atoms. The van der Waals surface area contributed by atoms with E-state index >= 15 is 0 Å². The predicted molar refractivity (Wildman–Crippen MR) is 112 cm³/mol. The third-order valence-corrected chi connectivity index (χ3v) is 4.55. The van der Waals surface area contributed by atoms with Gasteiger partial charge in [-0.1, -0.05) is 66.7 Å². The number of anilines is 1. The molecule has 6 nitrogen and oxygen atoms in total. The zero-order chi connectivity index (χ0) is 20.6. The molecule has 29 heavy (non-hydrogen) atoms. The van der Waals surface area contributed by atoms with Crippen LogP contribution in [0.4, 0.5) is 5.69 Å². The summed E-state index contributed by atoms with van der Waals surface area (Å²) in [5.74, 6) is -1.88. The molecule has 0 heterocycles. The fourth-order valence-corrected chi connectivity index (χ4v) is 3.10. The van der Waals surface area contributed by atoms with E-state index in [9.17, 15) is 14.4 Å². The number of carboxylic acids is 1. The highest BCUT2D eigenvalue weighted by molar-refractivity contribution is 6.04. The van der Waals surface area contributed by atoms with Crippen molar-refractivity contribution in [2.24, 2.45) is 0 Å². The molecule has 0 unspecified atom stereocenters. The third-order valence-electron chi connectivity index (χ3n) is 4.55. The van der Waals surface area contributed by atoms with E-state index in [1.165, 1.54) is 0 Å². The molecule has 6 heteroatoms. The minimum absolute atomic E-state index is 0.178. The molecule has 0 saturated carbocycles. The number of benzene rings is 3. The molecule has 0 radical (unpaired) electrons. The SMILES string of the molecule is O=C(O)CCC(=O)N[C@@H](Cc1ccccc1)C(=O)Nc1cccc2ccccc12. The molecule has 3 aromatic rings. The Balaban J connectivity index is 1.79.